The number of rotatable bonds is 3. The topological polar surface area (TPSA) is 36.1 Å². The van der Waals surface area contributed by atoms with Crippen LogP contribution in [0.1, 0.15) is 23.3 Å². The van der Waals surface area contributed by atoms with Crippen LogP contribution in [0.3, 0.4) is 0 Å². The number of aromatic amines is 1. The van der Waals surface area contributed by atoms with Gasteiger partial charge in [-0.15, -0.1) is 0 Å². The largest absolute Gasteiger partial charge is 0.351 e. The van der Waals surface area contributed by atoms with Gasteiger partial charge in [-0.3, -0.25) is 4.79 Å². The lowest BCUT2D eigenvalue weighted by Crippen LogP contribution is -2.14. The van der Waals surface area contributed by atoms with Crippen LogP contribution in [0.5, 0.6) is 0 Å². The van der Waals surface area contributed by atoms with Gasteiger partial charge in [0.05, 0.1) is 16.2 Å². The second-order valence-corrected chi connectivity index (χ2v) is 5.66. The summed E-state index contributed by atoms with van der Waals surface area (Å²) in [6.45, 7) is 1.31. The highest BCUT2D eigenvalue weighted by molar-refractivity contribution is 6.35. The summed E-state index contributed by atoms with van der Waals surface area (Å²) < 4.78 is 0. The molecular weight excluding hydrogens is 260 g/mol. The number of para-hydroxylation sites is 1. The molecule has 1 fully saturated rings. The van der Waals surface area contributed by atoms with Crippen molar-refractivity contribution in [2.45, 2.75) is 12.8 Å². The number of halogens is 1. The van der Waals surface area contributed by atoms with Gasteiger partial charge < -0.3 is 9.88 Å². The van der Waals surface area contributed by atoms with Gasteiger partial charge >= 0.3 is 0 Å². The van der Waals surface area contributed by atoms with Gasteiger partial charge in [-0.05, 0) is 45.0 Å². The normalized spacial score (nSPS) is 14.3. The van der Waals surface area contributed by atoms with Crippen LogP contribution in [0, 0.1) is 5.92 Å². The number of aromatic nitrogens is 1. The van der Waals surface area contributed by atoms with Crippen molar-refractivity contribution in [3.63, 3.8) is 0 Å². The van der Waals surface area contributed by atoms with Crippen molar-refractivity contribution in [2.75, 3.05) is 20.6 Å². The van der Waals surface area contributed by atoms with Gasteiger partial charge in [0.25, 0.3) is 0 Å². The predicted molar refractivity (Wildman–Crippen MR) is 80.0 cm³/mol. The van der Waals surface area contributed by atoms with Crippen LogP contribution in [-0.4, -0.2) is 36.8 Å². The molecule has 1 heterocycles. The number of carbonyl (C=O) groups excluding carboxylic acids is 1. The summed E-state index contributed by atoms with van der Waals surface area (Å²) in [6, 6.07) is 7.32. The fraction of sp³-hybridized carbons (Fsp3) is 0.400. The van der Waals surface area contributed by atoms with Gasteiger partial charge in [0, 0.05) is 11.9 Å². The Hall–Kier alpha value is -1.32. The van der Waals surface area contributed by atoms with E-state index in [4.69, 9.17) is 11.6 Å². The van der Waals surface area contributed by atoms with E-state index < -0.39 is 0 Å². The van der Waals surface area contributed by atoms with E-state index >= 15 is 0 Å². The summed E-state index contributed by atoms with van der Waals surface area (Å²) in [5.41, 5.74) is 1.37. The summed E-state index contributed by atoms with van der Waals surface area (Å²) in [5.74, 6) is 1.05. The molecule has 2 aromatic rings. The van der Waals surface area contributed by atoms with Crippen molar-refractivity contribution >= 4 is 28.8 Å². The Morgan fingerprint density at radius 1 is 1.42 bits per heavy atom. The van der Waals surface area contributed by atoms with E-state index in [0.29, 0.717) is 10.7 Å². The summed E-state index contributed by atoms with van der Waals surface area (Å²) in [7, 11) is 4.27. The third-order valence-corrected chi connectivity index (χ3v) is 3.39. The van der Waals surface area contributed by atoms with Crippen LogP contribution in [0.4, 0.5) is 0 Å². The summed E-state index contributed by atoms with van der Waals surface area (Å²) >= 11 is 5.88. The molecule has 0 aliphatic heterocycles. The van der Waals surface area contributed by atoms with E-state index in [1.165, 1.54) is 19.4 Å². The van der Waals surface area contributed by atoms with Crippen molar-refractivity contribution in [1.82, 2.24) is 9.88 Å². The summed E-state index contributed by atoms with van der Waals surface area (Å²) in [5, 5.41) is 1.60. The number of fused-ring (bicyclic) bond motifs is 1. The molecule has 0 unspecified atom stereocenters. The number of hydrogen-bond donors (Lipinski definition) is 1. The maximum Gasteiger partial charge on any atom is 0.166 e. The van der Waals surface area contributed by atoms with Gasteiger partial charge in [-0.25, -0.2) is 0 Å². The van der Waals surface area contributed by atoms with Crippen LogP contribution < -0.4 is 0 Å². The van der Waals surface area contributed by atoms with Crippen LogP contribution in [-0.2, 0) is 0 Å². The molecular formula is C15H19ClN2O. The first-order valence-corrected chi connectivity index (χ1v) is 6.85. The third kappa shape index (κ3) is 4.08. The van der Waals surface area contributed by atoms with Crippen LogP contribution in [0.2, 0.25) is 5.02 Å². The number of benzene rings is 1. The molecule has 1 aromatic heterocycles. The van der Waals surface area contributed by atoms with E-state index in [9.17, 15) is 4.79 Å². The molecule has 1 saturated carbocycles. The van der Waals surface area contributed by atoms with E-state index in [2.05, 4.69) is 24.0 Å². The fourth-order valence-electron chi connectivity index (χ4n) is 2.02. The molecule has 0 bridgehead atoms. The first-order valence-electron chi connectivity index (χ1n) is 6.47. The number of aldehydes is 1. The van der Waals surface area contributed by atoms with Gasteiger partial charge in [-0.2, -0.15) is 0 Å². The number of nitrogens with zero attached hydrogens (tertiary/aromatic N) is 1. The molecule has 1 aliphatic rings. The molecule has 4 heteroatoms. The van der Waals surface area contributed by atoms with E-state index in [1.54, 1.807) is 12.1 Å². The lowest BCUT2D eigenvalue weighted by Gasteiger charge is -2.05. The quantitative estimate of drug-likeness (QED) is 0.871. The molecule has 1 aliphatic carbocycles. The van der Waals surface area contributed by atoms with Crippen molar-refractivity contribution in [2.24, 2.45) is 5.92 Å². The molecule has 3 nitrogen and oxygen atoms in total. The Morgan fingerprint density at radius 3 is 2.63 bits per heavy atom. The Labute approximate surface area is 118 Å². The third-order valence-electron chi connectivity index (χ3n) is 3.07. The van der Waals surface area contributed by atoms with E-state index in [0.717, 1.165) is 23.1 Å². The second kappa shape index (κ2) is 6.22. The maximum atomic E-state index is 10.4. The summed E-state index contributed by atoms with van der Waals surface area (Å²) in [4.78, 5) is 15.6. The zero-order valence-electron chi connectivity index (χ0n) is 11.3. The number of hydrogen-bond acceptors (Lipinski definition) is 2. The van der Waals surface area contributed by atoms with Crippen LogP contribution >= 0.6 is 11.6 Å². The number of H-pyrrole nitrogens is 1. The minimum Gasteiger partial charge on any atom is -0.351 e. The highest BCUT2D eigenvalue weighted by atomic mass is 35.5. The maximum absolute atomic E-state index is 10.4. The molecule has 0 radical (unpaired) electrons. The lowest BCUT2D eigenvalue weighted by molar-refractivity contribution is 0.112. The van der Waals surface area contributed by atoms with Gasteiger partial charge in [0.1, 0.15) is 0 Å². The SMILES string of the molecule is CN(C)CC1CC1.O=Cc1cc2cccc(Cl)c2[nH]1. The highest BCUT2D eigenvalue weighted by Gasteiger charge is 2.20. The molecule has 0 saturated heterocycles. The van der Waals surface area contributed by atoms with Crippen molar-refractivity contribution in [3.05, 3.63) is 35.0 Å². The van der Waals surface area contributed by atoms with Crippen LogP contribution in [0.25, 0.3) is 10.9 Å². The zero-order valence-corrected chi connectivity index (χ0v) is 12.1. The second-order valence-electron chi connectivity index (χ2n) is 5.25. The Morgan fingerprint density at radius 2 is 2.16 bits per heavy atom. The Balaban J connectivity index is 0.000000163. The highest BCUT2D eigenvalue weighted by Crippen LogP contribution is 2.28. The molecule has 19 heavy (non-hydrogen) atoms. The molecule has 0 spiro atoms. The Kier molecular flexibility index (Phi) is 4.61. The fourth-order valence-corrected chi connectivity index (χ4v) is 2.25. The van der Waals surface area contributed by atoms with Gasteiger partial charge in [0.15, 0.2) is 6.29 Å². The average molecular weight is 279 g/mol. The number of carbonyl (C=O) groups is 1. The van der Waals surface area contributed by atoms with Crippen LogP contribution in [0.15, 0.2) is 24.3 Å². The molecule has 1 aromatic carbocycles. The molecule has 0 amide bonds. The Bertz CT molecular complexity index is 558. The minimum absolute atomic E-state index is 0.554. The predicted octanol–water partition coefficient (Wildman–Crippen LogP) is 3.59. The molecule has 1 N–H and O–H groups in total. The zero-order chi connectivity index (χ0) is 13.8. The van der Waals surface area contributed by atoms with Crippen molar-refractivity contribution < 1.29 is 4.79 Å². The molecule has 0 atom stereocenters. The monoisotopic (exact) mass is 278 g/mol. The number of nitrogens with one attached hydrogen (secondary N) is 1. The van der Waals surface area contributed by atoms with Crippen molar-refractivity contribution in [3.8, 4) is 0 Å². The van der Waals surface area contributed by atoms with E-state index in [-0.39, 0.29) is 0 Å². The molecule has 3 rings (SSSR count). The van der Waals surface area contributed by atoms with Gasteiger partial charge in [0.2, 0.25) is 0 Å². The van der Waals surface area contributed by atoms with Crippen molar-refractivity contribution in [1.29, 1.82) is 0 Å². The first-order chi connectivity index (χ1) is 9.10. The summed E-state index contributed by atoms with van der Waals surface area (Å²) in [6.07, 6.45) is 3.71. The average Bonchev–Trinajstić information content (AvgIpc) is 3.06. The molecule has 102 valence electrons. The minimum atomic E-state index is 0.554. The van der Waals surface area contributed by atoms with E-state index in [1.807, 2.05) is 12.1 Å². The standard InChI is InChI=1S/C9H6ClNO.C6H13N/c10-8-3-1-2-6-4-7(5-12)11-9(6)8;1-7(2)5-6-3-4-6/h1-5,11H;6H,3-5H2,1-2H3. The smallest absolute Gasteiger partial charge is 0.166 e. The first kappa shape index (κ1) is 14.1. The lowest BCUT2D eigenvalue weighted by atomic mass is 10.2. The van der Waals surface area contributed by atoms with Gasteiger partial charge in [-0.1, -0.05) is 23.7 Å².